The van der Waals surface area contributed by atoms with Crippen LogP contribution in [-0.2, 0) is 14.3 Å². The van der Waals surface area contributed by atoms with Crippen LogP contribution in [0.1, 0.15) is 6.42 Å². The molecule has 13 heavy (non-hydrogen) atoms. The Morgan fingerprint density at radius 3 is 2.38 bits per heavy atom. The number of hydrogen-bond acceptors (Lipinski definition) is 3. The van der Waals surface area contributed by atoms with Gasteiger partial charge in [0.05, 0.1) is 0 Å². The molecule has 0 bridgehead atoms. The summed E-state index contributed by atoms with van der Waals surface area (Å²) in [6, 6.07) is 0. The predicted octanol–water partition coefficient (Wildman–Crippen LogP) is 0.265. The number of carbonyl (C=O) groups is 2. The third kappa shape index (κ3) is 1.73. The Balaban J connectivity index is 1.81. The zero-order valence-electron chi connectivity index (χ0n) is 6.77. The molecule has 0 N–H and O–H groups in total. The fourth-order valence-electron chi connectivity index (χ4n) is 1.23. The summed E-state index contributed by atoms with van der Waals surface area (Å²) in [5.74, 6) is -0.506. The van der Waals surface area contributed by atoms with Crippen molar-refractivity contribution in [1.29, 1.82) is 0 Å². The maximum Gasteiger partial charge on any atom is 0.253 e. The second-order valence-corrected chi connectivity index (χ2v) is 3.41. The fraction of sp³-hybridized carbons (Fsp3) is 0.500. The molecule has 0 aromatic carbocycles. The minimum Gasteiger partial charge on any atom is -0.352 e. The molecule has 2 atom stereocenters. The second-order valence-electron chi connectivity index (χ2n) is 2.98. The number of hydrogen-bond donors (Lipinski definition) is 0. The highest BCUT2D eigenvalue weighted by Gasteiger charge is 2.37. The van der Waals surface area contributed by atoms with Gasteiger partial charge in [0, 0.05) is 18.7 Å². The number of ether oxygens (including phenoxy) is 1. The van der Waals surface area contributed by atoms with Crippen molar-refractivity contribution in [2.45, 2.75) is 18.1 Å². The first kappa shape index (κ1) is 8.72. The monoisotopic (exact) mass is 201 g/mol. The van der Waals surface area contributed by atoms with E-state index in [9.17, 15) is 9.59 Å². The minimum absolute atomic E-state index is 0.00265. The minimum atomic E-state index is -0.253. The number of nitrogens with zero attached hydrogens (tertiary/aromatic N) is 1. The Morgan fingerprint density at radius 1 is 1.38 bits per heavy atom. The molecule has 0 radical (unpaired) electrons. The van der Waals surface area contributed by atoms with E-state index in [1.807, 2.05) is 0 Å². The Kier molecular flexibility index (Phi) is 2.09. The maximum atomic E-state index is 11.0. The van der Waals surface area contributed by atoms with Gasteiger partial charge >= 0.3 is 0 Å². The molecule has 2 heterocycles. The molecule has 1 saturated heterocycles. The molecular weight excluding hydrogens is 194 g/mol. The van der Waals surface area contributed by atoms with Gasteiger partial charge in [-0.2, -0.15) is 0 Å². The number of alkyl halides is 1. The van der Waals surface area contributed by atoms with Crippen LogP contribution >= 0.6 is 11.6 Å². The molecule has 0 saturated carbocycles. The molecule has 0 aromatic rings. The average Bonchev–Trinajstić information content (AvgIpc) is 2.69. The summed E-state index contributed by atoms with van der Waals surface area (Å²) in [5.41, 5.74) is -0.235. The summed E-state index contributed by atoms with van der Waals surface area (Å²) in [7, 11) is 0. The number of rotatable bonds is 3. The van der Waals surface area contributed by atoms with Crippen molar-refractivity contribution in [2.24, 2.45) is 0 Å². The lowest BCUT2D eigenvalue weighted by Gasteiger charge is -2.11. The lowest BCUT2D eigenvalue weighted by atomic mass is 10.3. The molecule has 0 aliphatic carbocycles. The van der Waals surface area contributed by atoms with Crippen LogP contribution in [0.3, 0.4) is 0 Å². The molecule has 4 nitrogen and oxygen atoms in total. The summed E-state index contributed by atoms with van der Waals surface area (Å²) < 4.78 is 4.94. The van der Waals surface area contributed by atoms with Gasteiger partial charge in [0.2, 0.25) is 0 Å². The molecule has 0 aromatic heterocycles. The van der Waals surface area contributed by atoms with Crippen molar-refractivity contribution in [3.63, 3.8) is 0 Å². The second kappa shape index (κ2) is 3.12. The molecule has 5 heteroatoms. The number of imide groups is 1. The largest absolute Gasteiger partial charge is 0.352 e. The van der Waals surface area contributed by atoms with Gasteiger partial charge in [-0.3, -0.25) is 14.5 Å². The SMILES string of the molecule is O=C1C=CC(=O)N1CCC1OC1Cl. The summed E-state index contributed by atoms with van der Waals surface area (Å²) >= 11 is 5.58. The Bertz CT molecular complexity index is 271. The highest BCUT2D eigenvalue weighted by Crippen LogP contribution is 2.28. The van der Waals surface area contributed by atoms with E-state index in [1.54, 1.807) is 0 Å². The van der Waals surface area contributed by atoms with Crippen LogP contribution in [-0.4, -0.2) is 34.9 Å². The van der Waals surface area contributed by atoms with E-state index in [-0.39, 0.29) is 23.5 Å². The summed E-state index contributed by atoms with van der Waals surface area (Å²) in [6.45, 7) is 0.387. The number of epoxide rings is 1. The number of amides is 2. The molecule has 2 amide bonds. The van der Waals surface area contributed by atoms with Gasteiger partial charge in [0.1, 0.15) is 6.10 Å². The maximum absolute atomic E-state index is 11.0. The fourth-order valence-corrected chi connectivity index (χ4v) is 1.49. The Morgan fingerprint density at radius 2 is 1.92 bits per heavy atom. The third-order valence-electron chi connectivity index (χ3n) is 2.06. The third-order valence-corrected chi connectivity index (χ3v) is 2.44. The highest BCUT2D eigenvalue weighted by molar-refractivity contribution is 6.21. The lowest BCUT2D eigenvalue weighted by molar-refractivity contribution is -0.136. The zero-order chi connectivity index (χ0) is 9.42. The van der Waals surface area contributed by atoms with E-state index in [4.69, 9.17) is 16.3 Å². The number of carbonyl (C=O) groups excluding carboxylic acids is 2. The molecule has 2 aliphatic heterocycles. The van der Waals surface area contributed by atoms with E-state index in [0.29, 0.717) is 13.0 Å². The van der Waals surface area contributed by atoms with Gasteiger partial charge in [-0.25, -0.2) is 0 Å². The van der Waals surface area contributed by atoms with Crippen LogP contribution in [0.2, 0.25) is 0 Å². The summed E-state index contributed by atoms with van der Waals surface area (Å²) in [6.07, 6.45) is 3.17. The van der Waals surface area contributed by atoms with Gasteiger partial charge in [0.25, 0.3) is 11.8 Å². The predicted molar refractivity (Wildman–Crippen MR) is 45.0 cm³/mol. The standard InChI is InChI=1S/C8H8ClNO3/c9-8-5(13-8)3-4-10-6(11)1-2-7(10)12/h1-2,5,8H,3-4H2. The normalized spacial score (nSPS) is 31.6. The molecule has 1 fully saturated rings. The van der Waals surface area contributed by atoms with Crippen molar-refractivity contribution in [1.82, 2.24) is 4.90 Å². The van der Waals surface area contributed by atoms with Crippen molar-refractivity contribution < 1.29 is 14.3 Å². The molecule has 0 spiro atoms. The van der Waals surface area contributed by atoms with Crippen molar-refractivity contribution in [3.8, 4) is 0 Å². The first-order valence-corrected chi connectivity index (χ1v) is 4.45. The first-order valence-electron chi connectivity index (χ1n) is 4.01. The van der Waals surface area contributed by atoms with Crippen LogP contribution in [0, 0.1) is 0 Å². The van der Waals surface area contributed by atoms with Gasteiger partial charge in [-0.05, 0) is 6.42 Å². The van der Waals surface area contributed by atoms with Gasteiger partial charge in [-0.15, -0.1) is 0 Å². The van der Waals surface area contributed by atoms with Gasteiger partial charge in [0.15, 0.2) is 5.56 Å². The van der Waals surface area contributed by atoms with Crippen LogP contribution in [0.5, 0.6) is 0 Å². The summed E-state index contributed by atoms with van der Waals surface area (Å²) in [4.78, 5) is 23.3. The van der Waals surface area contributed by atoms with E-state index in [0.717, 1.165) is 0 Å². The number of halogens is 1. The highest BCUT2D eigenvalue weighted by atomic mass is 35.5. The molecular formula is C8H8ClNO3. The molecule has 2 unspecified atom stereocenters. The lowest BCUT2D eigenvalue weighted by Crippen LogP contribution is -2.31. The first-order chi connectivity index (χ1) is 6.18. The van der Waals surface area contributed by atoms with Crippen molar-refractivity contribution in [3.05, 3.63) is 12.2 Å². The van der Waals surface area contributed by atoms with Gasteiger partial charge < -0.3 is 4.74 Å². The van der Waals surface area contributed by atoms with E-state index >= 15 is 0 Å². The summed E-state index contributed by atoms with van der Waals surface area (Å²) in [5, 5.41) is 0. The van der Waals surface area contributed by atoms with E-state index in [2.05, 4.69) is 0 Å². The molecule has 70 valence electrons. The van der Waals surface area contributed by atoms with E-state index in [1.165, 1.54) is 17.1 Å². The topological polar surface area (TPSA) is 49.9 Å². The van der Waals surface area contributed by atoms with Crippen LogP contribution in [0.25, 0.3) is 0 Å². The zero-order valence-corrected chi connectivity index (χ0v) is 7.53. The van der Waals surface area contributed by atoms with Crippen LogP contribution in [0.15, 0.2) is 12.2 Å². The smallest absolute Gasteiger partial charge is 0.253 e. The molecule has 2 rings (SSSR count). The van der Waals surface area contributed by atoms with Crippen LogP contribution in [0.4, 0.5) is 0 Å². The molecule has 2 aliphatic rings. The van der Waals surface area contributed by atoms with Crippen LogP contribution < -0.4 is 0 Å². The Labute approximate surface area is 80.1 Å². The quantitative estimate of drug-likeness (QED) is 0.374. The van der Waals surface area contributed by atoms with E-state index < -0.39 is 0 Å². The van der Waals surface area contributed by atoms with Crippen molar-refractivity contribution >= 4 is 23.4 Å². The van der Waals surface area contributed by atoms with Crippen molar-refractivity contribution in [2.75, 3.05) is 6.54 Å². The Hall–Kier alpha value is -0.870. The van der Waals surface area contributed by atoms with Gasteiger partial charge in [-0.1, -0.05) is 11.6 Å². The average molecular weight is 202 g/mol.